The Balaban J connectivity index is 1.82. The van der Waals surface area contributed by atoms with Gasteiger partial charge in [0.25, 0.3) is 0 Å². The summed E-state index contributed by atoms with van der Waals surface area (Å²) < 4.78 is 23.0. The molecule has 0 saturated carbocycles. The van der Waals surface area contributed by atoms with Crippen LogP contribution in [0.25, 0.3) is 0 Å². The Labute approximate surface area is 187 Å². The average molecular weight is 443 g/mol. The molecule has 2 N–H and O–H groups in total. The van der Waals surface area contributed by atoms with Crippen molar-refractivity contribution in [2.45, 2.75) is 57.7 Å². The zero-order chi connectivity index (χ0) is 22.9. The average Bonchev–Trinajstić information content (AvgIpc) is 2.78. The van der Waals surface area contributed by atoms with Crippen molar-refractivity contribution >= 4 is 11.9 Å². The highest BCUT2D eigenvalue weighted by molar-refractivity contribution is 5.73. The first-order valence-corrected chi connectivity index (χ1v) is 10.5. The first kappa shape index (κ1) is 23.9. The van der Waals surface area contributed by atoms with E-state index in [0.717, 1.165) is 11.1 Å². The van der Waals surface area contributed by atoms with Crippen molar-refractivity contribution in [3.8, 4) is 0 Å². The predicted octanol–water partition coefficient (Wildman–Crippen LogP) is 1.94. The summed E-state index contributed by atoms with van der Waals surface area (Å²) in [4.78, 5) is 23.3. The molecule has 0 bridgehead atoms. The number of nitrogens with one attached hydrogen (secondary N) is 1. The lowest BCUT2D eigenvalue weighted by molar-refractivity contribution is -0.285. The molecule has 2 aromatic rings. The van der Waals surface area contributed by atoms with Gasteiger partial charge in [0.2, 0.25) is 5.91 Å². The van der Waals surface area contributed by atoms with Crippen LogP contribution in [0.2, 0.25) is 0 Å². The quantitative estimate of drug-likeness (QED) is 0.571. The number of rotatable bonds is 9. The van der Waals surface area contributed by atoms with E-state index in [0.29, 0.717) is 0 Å². The van der Waals surface area contributed by atoms with E-state index >= 15 is 0 Å². The predicted molar refractivity (Wildman–Crippen MR) is 115 cm³/mol. The highest BCUT2D eigenvalue weighted by atomic mass is 16.7. The Morgan fingerprint density at radius 2 is 1.44 bits per heavy atom. The van der Waals surface area contributed by atoms with E-state index in [1.165, 1.54) is 13.8 Å². The molecule has 0 unspecified atom stereocenters. The summed E-state index contributed by atoms with van der Waals surface area (Å²) in [7, 11) is 0. The minimum atomic E-state index is -1.34. The summed E-state index contributed by atoms with van der Waals surface area (Å²) in [5.41, 5.74) is 1.84. The maximum Gasteiger partial charge on any atom is 0.302 e. The summed E-state index contributed by atoms with van der Waals surface area (Å²) in [6.07, 6.45) is -3.79. The lowest BCUT2D eigenvalue weighted by Crippen LogP contribution is -2.65. The van der Waals surface area contributed by atoms with Crippen molar-refractivity contribution in [3.63, 3.8) is 0 Å². The van der Waals surface area contributed by atoms with Gasteiger partial charge in [0.15, 0.2) is 6.29 Å². The third-order valence-corrected chi connectivity index (χ3v) is 5.06. The molecule has 1 fully saturated rings. The fourth-order valence-electron chi connectivity index (χ4n) is 3.58. The number of aliphatic hydroxyl groups is 1. The van der Waals surface area contributed by atoms with Gasteiger partial charge in [0.05, 0.1) is 19.3 Å². The molecule has 5 atom stereocenters. The molecule has 8 heteroatoms. The summed E-state index contributed by atoms with van der Waals surface area (Å²) in [6, 6.07) is 18.3. The molecule has 1 amide bonds. The second-order valence-corrected chi connectivity index (χ2v) is 7.62. The summed E-state index contributed by atoms with van der Waals surface area (Å²) >= 11 is 0. The topological polar surface area (TPSA) is 103 Å². The molecule has 2 aromatic carbocycles. The highest BCUT2D eigenvalue weighted by Crippen LogP contribution is 2.27. The molecule has 1 aliphatic heterocycles. The number of benzene rings is 2. The Morgan fingerprint density at radius 3 is 1.94 bits per heavy atom. The van der Waals surface area contributed by atoms with E-state index in [2.05, 4.69) is 5.32 Å². The van der Waals surface area contributed by atoms with Gasteiger partial charge in [0, 0.05) is 13.8 Å². The second kappa shape index (κ2) is 11.7. The minimum Gasteiger partial charge on any atom is -0.463 e. The van der Waals surface area contributed by atoms with Crippen LogP contribution >= 0.6 is 0 Å². The van der Waals surface area contributed by atoms with Crippen molar-refractivity contribution < 1.29 is 33.6 Å². The molecule has 1 aliphatic rings. The van der Waals surface area contributed by atoms with Crippen LogP contribution in [0.1, 0.15) is 25.0 Å². The zero-order valence-electron chi connectivity index (χ0n) is 18.2. The largest absolute Gasteiger partial charge is 0.463 e. The van der Waals surface area contributed by atoms with Gasteiger partial charge in [-0.15, -0.1) is 0 Å². The molecule has 0 radical (unpaired) electrons. The highest BCUT2D eigenvalue weighted by Gasteiger charge is 2.47. The minimum absolute atomic E-state index is 0.145. The lowest BCUT2D eigenvalue weighted by atomic mass is 9.95. The van der Waals surface area contributed by atoms with Gasteiger partial charge in [-0.05, 0) is 11.1 Å². The number of hydrogen-bond donors (Lipinski definition) is 2. The molecule has 172 valence electrons. The Hall–Kier alpha value is -2.78. The molecule has 0 aliphatic carbocycles. The number of hydrogen-bond acceptors (Lipinski definition) is 7. The van der Waals surface area contributed by atoms with Crippen molar-refractivity contribution in [2.75, 3.05) is 6.61 Å². The molecule has 1 saturated heterocycles. The molecular formula is C24H29NO7. The number of esters is 1. The van der Waals surface area contributed by atoms with Crippen LogP contribution < -0.4 is 5.32 Å². The van der Waals surface area contributed by atoms with Crippen molar-refractivity contribution in [1.82, 2.24) is 5.32 Å². The van der Waals surface area contributed by atoms with E-state index in [1.54, 1.807) is 0 Å². The van der Waals surface area contributed by atoms with Crippen LogP contribution in [0.5, 0.6) is 0 Å². The van der Waals surface area contributed by atoms with Gasteiger partial charge in [-0.3, -0.25) is 9.59 Å². The van der Waals surface area contributed by atoms with Crippen LogP contribution in [-0.2, 0) is 41.8 Å². The third kappa shape index (κ3) is 6.86. The van der Waals surface area contributed by atoms with Crippen molar-refractivity contribution in [2.24, 2.45) is 0 Å². The fourth-order valence-corrected chi connectivity index (χ4v) is 3.58. The maximum atomic E-state index is 11.9. The fraction of sp³-hybridized carbons (Fsp3) is 0.417. The van der Waals surface area contributed by atoms with E-state index in [9.17, 15) is 14.7 Å². The number of carbonyl (C=O) groups excluding carboxylic acids is 2. The van der Waals surface area contributed by atoms with Crippen LogP contribution in [0, 0.1) is 0 Å². The smallest absolute Gasteiger partial charge is 0.302 e. The number of amides is 1. The van der Waals surface area contributed by atoms with Crippen LogP contribution in [-0.4, -0.2) is 54.2 Å². The first-order valence-electron chi connectivity index (χ1n) is 10.5. The molecule has 8 nitrogen and oxygen atoms in total. The lowest BCUT2D eigenvalue weighted by Gasteiger charge is -2.44. The first-order chi connectivity index (χ1) is 15.4. The van der Waals surface area contributed by atoms with Gasteiger partial charge >= 0.3 is 5.97 Å². The summed E-state index contributed by atoms with van der Waals surface area (Å²) in [6.45, 7) is 2.97. The number of ether oxygens (including phenoxy) is 4. The van der Waals surface area contributed by atoms with Gasteiger partial charge in [-0.2, -0.15) is 0 Å². The molecular weight excluding hydrogens is 414 g/mol. The van der Waals surface area contributed by atoms with Gasteiger partial charge in [0.1, 0.15) is 24.9 Å². The van der Waals surface area contributed by atoms with Crippen LogP contribution in [0.4, 0.5) is 0 Å². The number of aliphatic hydroxyl groups excluding tert-OH is 1. The third-order valence-electron chi connectivity index (χ3n) is 5.06. The van der Waals surface area contributed by atoms with E-state index < -0.39 is 36.6 Å². The Morgan fingerprint density at radius 1 is 0.906 bits per heavy atom. The molecule has 3 rings (SSSR count). The summed E-state index contributed by atoms with van der Waals surface area (Å²) in [5, 5.41) is 13.5. The van der Waals surface area contributed by atoms with Crippen LogP contribution in [0.3, 0.4) is 0 Å². The van der Waals surface area contributed by atoms with E-state index in [-0.39, 0.29) is 25.7 Å². The normalized spacial score (nSPS) is 25.2. The second-order valence-electron chi connectivity index (χ2n) is 7.62. The Kier molecular flexibility index (Phi) is 8.75. The molecule has 32 heavy (non-hydrogen) atoms. The van der Waals surface area contributed by atoms with Gasteiger partial charge < -0.3 is 29.4 Å². The van der Waals surface area contributed by atoms with Crippen LogP contribution in [0.15, 0.2) is 60.7 Å². The molecule has 0 spiro atoms. The summed E-state index contributed by atoms with van der Waals surface area (Å²) in [5.74, 6) is -0.799. The molecule has 1 heterocycles. The maximum absolute atomic E-state index is 11.9. The van der Waals surface area contributed by atoms with Gasteiger partial charge in [-0.25, -0.2) is 0 Å². The standard InChI is InChI=1S/C24H29NO7/c1-16(26)25-21-20(15-29-17(2)27)32-24(28)23(31-14-19-11-7-4-8-12-19)22(21)30-13-18-9-5-3-6-10-18/h3-12,20-24,28H,13-15H2,1-2H3,(H,25,26)/t20-,21+,22+,23+,24+/m1/s1. The monoisotopic (exact) mass is 443 g/mol. The van der Waals surface area contributed by atoms with Gasteiger partial charge in [-0.1, -0.05) is 60.7 Å². The van der Waals surface area contributed by atoms with Crippen molar-refractivity contribution in [3.05, 3.63) is 71.8 Å². The van der Waals surface area contributed by atoms with E-state index in [4.69, 9.17) is 18.9 Å². The molecule has 0 aromatic heterocycles. The SMILES string of the molecule is CC(=O)N[C@@H]1[C@H](OCc2ccccc2)[C@H](OCc2ccccc2)[C@@H](O)O[C@@H]1COC(C)=O. The Bertz CT molecular complexity index is 861. The van der Waals surface area contributed by atoms with Crippen molar-refractivity contribution in [1.29, 1.82) is 0 Å². The van der Waals surface area contributed by atoms with E-state index in [1.807, 2.05) is 60.7 Å². The number of carbonyl (C=O) groups is 2. The zero-order valence-corrected chi connectivity index (χ0v) is 18.2.